The molecule has 1 heterocycles. The van der Waals surface area contributed by atoms with Gasteiger partial charge in [-0.2, -0.15) is 0 Å². The minimum atomic E-state index is 0.276. The molecule has 7 aromatic carbocycles. The van der Waals surface area contributed by atoms with Gasteiger partial charge in [-0.1, -0.05) is 320 Å². The molecule has 618 valence electrons. The highest BCUT2D eigenvalue weighted by Crippen LogP contribution is 2.35. The Morgan fingerprint density at radius 3 is 0.735 bits per heavy atom. The first kappa shape index (κ1) is 90.3. The van der Waals surface area contributed by atoms with Gasteiger partial charge in [0, 0.05) is 11.6 Å². The zero-order valence-electron chi connectivity index (χ0n) is 70.7. The number of benzene rings is 7. The van der Waals surface area contributed by atoms with Crippen LogP contribution in [-0.2, 0) is 53.2 Å². The van der Waals surface area contributed by atoms with Gasteiger partial charge in [-0.15, -0.1) is 0 Å². The predicted octanol–water partition coefficient (Wildman–Crippen LogP) is 28.0. The van der Waals surface area contributed by atoms with Crippen LogP contribution in [0.25, 0.3) is 0 Å². The Hall–Kier alpha value is -8.25. The smallest absolute Gasteiger partial charge is 0.243 e. The molecule has 0 aliphatic rings. The fraction of sp³-hybridized carbons (Fsp3) is 0.554. The van der Waals surface area contributed by atoms with Crippen molar-refractivity contribution in [1.29, 1.82) is 0 Å². The van der Waals surface area contributed by atoms with E-state index in [0.29, 0.717) is 67.5 Å². The third kappa shape index (κ3) is 39.6. The molecule has 0 atom stereocenters. The summed E-state index contributed by atoms with van der Waals surface area (Å²) in [5.74, 6) is 7.45. The van der Waals surface area contributed by atoms with Crippen LogP contribution in [0.4, 0.5) is 0 Å². The second kappa shape index (κ2) is 57.7. The molecule has 0 spiro atoms. The molecule has 0 unspecified atom stereocenters. The molecule has 0 saturated heterocycles. The molecule has 0 aliphatic heterocycles. The molecular weight excluding hydrogens is 1400 g/mol. The maximum Gasteiger partial charge on any atom is 0.243 e. The number of unbranched alkanes of at least 4 members (excludes halogenated alkanes) is 36. The van der Waals surface area contributed by atoms with E-state index in [0.717, 1.165) is 114 Å². The third-order valence-corrected chi connectivity index (χ3v) is 21.3. The molecule has 12 nitrogen and oxygen atoms in total. The lowest BCUT2D eigenvalue weighted by atomic mass is 10.1. The minimum absolute atomic E-state index is 0.276. The van der Waals surface area contributed by atoms with Gasteiger partial charge >= 0.3 is 0 Å². The molecule has 0 fully saturated rings. The Morgan fingerprint density at radius 1 is 0.221 bits per heavy atom. The molecule has 8 aromatic rings. The first-order valence-corrected chi connectivity index (χ1v) is 44.9. The van der Waals surface area contributed by atoms with Crippen LogP contribution in [0.2, 0.25) is 0 Å². The van der Waals surface area contributed by atoms with E-state index in [2.05, 4.69) is 166 Å². The van der Waals surface area contributed by atoms with Gasteiger partial charge in [0.25, 0.3) is 0 Å². The zero-order valence-corrected chi connectivity index (χ0v) is 70.7. The van der Waals surface area contributed by atoms with E-state index in [1.54, 1.807) is 0 Å². The van der Waals surface area contributed by atoms with Gasteiger partial charge in [-0.25, -0.2) is 9.13 Å². The molecule has 0 saturated carbocycles. The van der Waals surface area contributed by atoms with Crippen LogP contribution in [-0.4, -0.2) is 31.0 Å². The Kier molecular flexibility index (Phi) is 46.1. The summed E-state index contributed by atoms with van der Waals surface area (Å²) in [6.45, 7) is 14.6. The molecule has 8 rings (SSSR count). The average molecular weight is 1550 g/mol. The summed E-state index contributed by atoms with van der Waals surface area (Å²) >= 11 is 0. The average Bonchev–Trinajstić information content (AvgIpc) is 1.64. The summed E-state index contributed by atoms with van der Waals surface area (Å²) in [5.41, 5.74) is 7.03. The molecule has 0 bridgehead atoms. The van der Waals surface area contributed by atoms with E-state index in [9.17, 15) is 0 Å². The van der Waals surface area contributed by atoms with Crippen molar-refractivity contribution in [1.82, 2.24) is 4.57 Å². The van der Waals surface area contributed by atoms with Crippen LogP contribution in [0.5, 0.6) is 57.5 Å². The van der Waals surface area contributed by atoms with E-state index >= 15 is 0 Å². The van der Waals surface area contributed by atoms with E-state index in [1.807, 2.05) is 48.1 Å². The largest absolute Gasteiger partial charge is 0.494 e. The minimum Gasteiger partial charge on any atom is -0.494 e. The summed E-state index contributed by atoms with van der Waals surface area (Å²) in [5, 5.41) is 0. The molecule has 1 aromatic heterocycles. The van der Waals surface area contributed by atoms with Gasteiger partial charge < -0.3 is 47.4 Å². The number of aromatic nitrogens is 2. The molecular formula is C101H145N2O10+. The van der Waals surface area contributed by atoms with Crippen molar-refractivity contribution in [3.8, 4) is 57.5 Å². The van der Waals surface area contributed by atoms with Crippen LogP contribution in [0, 0.1) is 0 Å². The van der Waals surface area contributed by atoms with Crippen molar-refractivity contribution in [3.63, 3.8) is 0 Å². The van der Waals surface area contributed by atoms with Crippen LogP contribution in [0.3, 0.4) is 0 Å². The van der Waals surface area contributed by atoms with Gasteiger partial charge in [0.2, 0.25) is 6.33 Å². The fourth-order valence-electron chi connectivity index (χ4n) is 14.3. The highest BCUT2D eigenvalue weighted by molar-refractivity contribution is 5.46. The van der Waals surface area contributed by atoms with Crippen molar-refractivity contribution >= 4 is 0 Å². The summed E-state index contributed by atoms with van der Waals surface area (Å²) < 4.78 is 69.0. The van der Waals surface area contributed by atoms with E-state index in [1.165, 1.54) is 231 Å². The first-order valence-electron chi connectivity index (χ1n) is 44.9. The maximum atomic E-state index is 6.75. The van der Waals surface area contributed by atoms with Crippen molar-refractivity contribution < 1.29 is 51.9 Å². The van der Waals surface area contributed by atoms with Crippen molar-refractivity contribution in [2.45, 2.75) is 331 Å². The van der Waals surface area contributed by atoms with Gasteiger partial charge in [-0.05, 0) is 144 Å². The topological polar surface area (TPSA) is 101 Å². The maximum absolute atomic E-state index is 6.75. The quantitative estimate of drug-likeness (QED) is 0.0271. The Labute approximate surface area is 683 Å². The lowest BCUT2D eigenvalue weighted by Gasteiger charge is -2.17. The van der Waals surface area contributed by atoms with E-state index < -0.39 is 0 Å². The lowest BCUT2D eigenvalue weighted by molar-refractivity contribution is -0.671. The number of hydrogen-bond acceptors (Lipinski definition) is 10. The van der Waals surface area contributed by atoms with Crippen molar-refractivity contribution in [3.05, 3.63) is 209 Å². The molecule has 12 heteroatoms. The summed E-state index contributed by atoms with van der Waals surface area (Å²) in [7, 11) is 2.03. The highest BCUT2D eigenvalue weighted by atomic mass is 16.5. The number of hydrogen-bond donors (Lipinski definition) is 0. The second-order valence-electron chi connectivity index (χ2n) is 31.6. The predicted molar refractivity (Wildman–Crippen MR) is 465 cm³/mol. The fourth-order valence-corrected chi connectivity index (χ4v) is 14.3. The second-order valence-corrected chi connectivity index (χ2v) is 31.6. The van der Waals surface area contributed by atoms with E-state index in [4.69, 9.17) is 47.4 Å². The Morgan fingerprint density at radius 2 is 0.469 bits per heavy atom. The monoisotopic (exact) mass is 1550 g/mol. The number of aryl methyl sites for hydroxylation is 1. The Bertz CT molecular complexity index is 3470. The number of ether oxygens (including phenoxy) is 10. The van der Waals surface area contributed by atoms with Gasteiger partial charge in [0.05, 0.1) is 33.5 Å². The highest BCUT2D eigenvalue weighted by Gasteiger charge is 2.16. The molecule has 113 heavy (non-hydrogen) atoms. The van der Waals surface area contributed by atoms with Crippen LogP contribution < -0.4 is 51.9 Å². The van der Waals surface area contributed by atoms with Gasteiger partial charge in [0.1, 0.15) is 93.1 Å². The van der Waals surface area contributed by atoms with Crippen molar-refractivity contribution in [2.24, 2.45) is 7.05 Å². The summed E-state index contributed by atoms with van der Waals surface area (Å²) in [4.78, 5) is 0. The van der Waals surface area contributed by atoms with Gasteiger partial charge in [-0.3, -0.25) is 0 Å². The van der Waals surface area contributed by atoms with Crippen LogP contribution in [0.15, 0.2) is 170 Å². The van der Waals surface area contributed by atoms with Crippen LogP contribution >= 0.6 is 0 Å². The SMILES string of the molecule is CCCCCCCCCCCCOc1ccc(COc2ccc(COc3cc(Cn4cc[n+](C)c4)cc(OCc4ccc(OCc5ccc(OCCCCCCCCCCCC)cc5)c(OCc5ccc(OCCCCCCCCCCCC)cc5)c4)c3)cc2OCc2ccc(OCCCCCCCCCCCC)cc2)cc1. The number of imidazole rings is 1. The third-order valence-electron chi connectivity index (χ3n) is 21.3. The molecule has 0 amide bonds. The summed E-state index contributed by atoms with van der Waals surface area (Å²) in [6, 6.07) is 51.4. The van der Waals surface area contributed by atoms with Crippen molar-refractivity contribution in [2.75, 3.05) is 26.4 Å². The number of nitrogens with zero attached hydrogens (tertiary/aromatic N) is 2. The lowest BCUT2D eigenvalue weighted by Crippen LogP contribution is -2.23. The normalized spacial score (nSPS) is 11.3. The van der Waals surface area contributed by atoms with Crippen LogP contribution in [0.1, 0.15) is 323 Å². The summed E-state index contributed by atoms with van der Waals surface area (Å²) in [6.07, 6.45) is 58.2. The Balaban J connectivity index is 0.906. The van der Waals surface area contributed by atoms with Gasteiger partial charge in [0.15, 0.2) is 23.0 Å². The van der Waals surface area contributed by atoms with E-state index in [-0.39, 0.29) is 13.2 Å². The standard InChI is InChI=1S/C101H145N2O10/c1-6-10-14-18-22-26-30-34-38-42-68-104-92-56-46-85(47-57-92)78-110-98-64-54-89(74-100(98)112-80-87-50-60-94(61-51-87)106-70-44-40-36-32-28-24-20-16-12-8-3)82-108-96-72-91(77-103-67-66-102(5)84-103)73-97(76-96)109-83-90-55-65-99(111-79-86-48-58-93(59-49-86)105-69-43-39-35-31-27-23-19-15-11-7-2)101(75-90)113-81-88-52-62-95(63-53-88)107-71-45-41-37-33-29-25-21-17-13-9-4/h46-67,72-76,84H,6-45,68-71,77-83H2,1-5H3/q+1. The molecule has 0 radical (unpaired) electrons. The number of rotatable bonds is 68. The zero-order chi connectivity index (χ0) is 78.9. The molecule has 0 N–H and O–H groups in total. The molecule has 0 aliphatic carbocycles. The first-order chi connectivity index (χ1) is 55.8.